The number of anilines is 1. The van der Waals surface area contributed by atoms with Crippen molar-refractivity contribution < 1.29 is 29.3 Å². The van der Waals surface area contributed by atoms with E-state index < -0.39 is 53.7 Å². The lowest BCUT2D eigenvalue weighted by atomic mass is 9.85. The first-order valence-electron chi connectivity index (χ1n) is 11.8. The number of aliphatic hydroxyl groups is 2. The second kappa shape index (κ2) is 10.5. The Bertz CT molecular complexity index is 1150. The maximum atomic E-state index is 12.5. The normalized spacial score (nSPS) is 25.1. The molecule has 3 rings (SSSR count). The molecular formula is C24H34N6O6. The Kier molecular flexibility index (Phi) is 8.00. The van der Waals surface area contributed by atoms with E-state index in [0.717, 1.165) is 0 Å². The topological polar surface area (TPSA) is 185 Å². The predicted octanol–water partition coefficient (Wildman–Crippen LogP) is 0.718. The quantitative estimate of drug-likeness (QED) is 0.375. The smallest absolute Gasteiger partial charge is 0.311 e. The van der Waals surface area contributed by atoms with Crippen LogP contribution in [-0.4, -0.2) is 68.2 Å². The average Bonchev–Trinajstić information content (AvgIpc) is 3.38. The summed E-state index contributed by atoms with van der Waals surface area (Å²) in [5.74, 6) is -1.43. The molecule has 0 spiro atoms. The first kappa shape index (κ1) is 27.5. The molecule has 196 valence electrons. The molecule has 36 heavy (non-hydrogen) atoms. The molecule has 5 N–H and O–H groups in total. The van der Waals surface area contributed by atoms with Gasteiger partial charge in [-0.2, -0.15) is 10.4 Å². The number of amides is 1. The van der Waals surface area contributed by atoms with E-state index in [0.29, 0.717) is 5.52 Å². The van der Waals surface area contributed by atoms with Crippen molar-refractivity contribution in [2.24, 2.45) is 23.0 Å². The van der Waals surface area contributed by atoms with Crippen LogP contribution < -0.4 is 11.1 Å². The van der Waals surface area contributed by atoms with E-state index in [9.17, 15) is 25.1 Å². The molecule has 0 aliphatic carbocycles. The summed E-state index contributed by atoms with van der Waals surface area (Å²) in [6.07, 6.45) is -0.881. The number of nitrogens with one attached hydrogen (secondary N) is 1. The lowest BCUT2D eigenvalue weighted by Crippen LogP contribution is -2.40. The summed E-state index contributed by atoms with van der Waals surface area (Å²) in [5.41, 5.74) is 3.94. The number of carbonyl (C=O) groups excluding carboxylic acids is 2. The van der Waals surface area contributed by atoms with E-state index in [2.05, 4.69) is 21.5 Å². The van der Waals surface area contributed by atoms with Gasteiger partial charge in [0.1, 0.15) is 24.0 Å². The molecule has 1 aliphatic heterocycles. The molecule has 1 amide bonds. The third-order valence-electron chi connectivity index (χ3n) is 6.37. The van der Waals surface area contributed by atoms with Gasteiger partial charge in [0.25, 0.3) is 0 Å². The fourth-order valence-corrected chi connectivity index (χ4v) is 4.10. The SMILES string of the molecule is CC(C)[C@H](N)C(=O)Nc1ncnn2c([C@]3(C#N)O[C@H](CO)[C@@H](CCOC(=O)C(C)(C)C)[C@H]3O)ccc12. The molecule has 0 bridgehead atoms. The van der Waals surface area contributed by atoms with Crippen LogP contribution in [0.2, 0.25) is 0 Å². The zero-order valence-corrected chi connectivity index (χ0v) is 21.1. The number of aliphatic hydroxyl groups excluding tert-OH is 2. The highest BCUT2D eigenvalue weighted by Crippen LogP contribution is 2.44. The summed E-state index contributed by atoms with van der Waals surface area (Å²) >= 11 is 0. The highest BCUT2D eigenvalue weighted by Gasteiger charge is 2.57. The molecule has 1 fully saturated rings. The fraction of sp³-hybridized carbons (Fsp3) is 0.625. The molecule has 2 aromatic rings. The lowest BCUT2D eigenvalue weighted by molar-refractivity contribution is -0.153. The summed E-state index contributed by atoms with van der Waals surface area (Å²) in [7, 11) is 0. The summed E-state index contributed by atoms with van der Waals surface area (Å²) < 4.78 is 12.6. The number of carbonyl (C=O) groups is 2. The Morgan fingerprint density at radius 1 is 1.39 bits per heavy atom. The number of fused-ring (bicyclic) bond motifs is 1. The molecule has 1 saturated heterocycles. The molecule has 0 aromatic carbocycles. The van der Waals surface area contributed by atoms with Gasteiger partial charge in [-0.1, -0.05) is 13.8 Å². The third-order valence-corrected chi connectivity index (χ3v) is 6.37. The number of aromatic nitrogens is 3. The maximum Gasteiger partial charge on any atom is 0.311 e. The largest absolute Gasteiger partial charge is 0.465 e. The third kappa shape index (κ3) is 5.05. The lowest BCUT2D eigenvalue weighted by Gasteiger charge is -2.25. The van der Waals surface area contributed by atoms with Crippen molar-refractivity contribution in [2.75, 3.05) is 18.5 Å². The van der Waals surface area contributed by atoms with Crippen LogP contribution in [0.5, 0.6) is 0 Å². The first-order valence-corrected chi connectivity index (χ1v) is 11.8. The molecule has 0 radical (unpaired) electrons. The van der Waals surface area contributed by atoms with E-state index in [4.69, 9.17) is 15.2 Å². The molecule has 2 aromatic heterocycles. The zero-order chi connectivity index (χ0) is 26.8. The standard InChI is InChI=1S/C24H34N6O6/c1-13(2)18(26)21(33)29-20-15-6-7-17(30(15)28-12-27-20)24(11-25)19(32)14(16(10-31)36-24)8-9-35-22(34)23(3,4)5/h6-7,12-14,16,18-19,31-32H,8-10,26H2,1-5H3,(H,27,28,29,33)/t14-,16-,18+,19-,24+/m1/s1. The number of esters is 1. The van der Waals surface area contributed by atoms with Crippen molar-refractivity contribution in [1.82, 2.24) is 14.6 Å². The molecule has 12 heteroatoms. The first-order chi connectivity index (χ1) is 16.9. The van der Waals surface area contributed by atoms with E-state index in [-0.39, 0.29) is 30.5 Å². The van der Waals surface area contributed by atoms with Gasteiger partial charge in [0.2, 0.25) is 11.5 Å². The second-order valence-corrected chi connectivity index (χ2v) is 10.4. The second-order valence-electron chi connectivity index (χ2n) is 10.4. The Morgan fingerprint density at radius 2 is 2.08 bits per heavy atom. The molecular weight excluding hydrogens is 468 g/mol. The number of nitrogens with two attached hydrogens (primary N) is 1. The molecule has 12 nitrogen and oxygen atoms in total. The Hall–Kier alpha value is -3.11. The van der Waals surface area contributed by atoms with Gasteiger partial charge >= 0.3 is 5.97 Å². The van der Waals surface area contributed by atoms with Crippen LogP contribution >= 0.6 is 0 Å². The number of ether oxygens (including phenoxy) is 2. The minimum atomic E-state index is -1.87. The van der Waals surface area contributed by atoms with Crippen LogP contribution in [0.15, 0.2) is 18.5 Å². The van der Waals surface area contributed by atoms with Gasteiger partial charge in [-0.15, -0.1) is 0 Å². The minimum Gasteiger partial charge on any atom is -0.465 e. The predicted molar refractivity (Wildman–Crippen MR) is 128 cm³/mol. The summed E-state index contributed by atoms with van der Waals surface area (Å²) in [6, 6.07) is 4.44. The van der Waals surface area contributed by atoms with Crippen molar-refractivity contribution in [3.05, 3.63) is 24.2 Å². The van der Waals surface area contributed by atoms with E-state index in [1.54, 1.807) is 32.9 Å². The van der Waals surface area contributed by atoms with Gasteiger partial charge in [0.05, 0.1) is 36.5 Å². The monoisotopic (exact) mass is 502 g/mol. The average molecular weight is 503 g/mol. The highest BCUT2D eigenvalue weighted by molar-refractivity contribution is 5.97. The molecule has 5 atom stereocenters. The van der Waals surface area contributed by atoms with Crippen LogP contribution in [0.4, 0.5) is 5.82 Å². The molecule has 0 unspecified atom stereocenters. The summed E-state index contributed by atoms with van der Waals surface area (Å²) in [5, 5.41) is 38.2. The Balaban J connectivity index is 1.90. The molecule has 1 aliphatic rings. The van der Waals surface area contributed by atoms with Crippen LogP contribution in [0.1, 0.15) is 46.7 Å². The maximum absolute atomic E-state index is 12.5. The van der Waals surface area contributed by atoms with Gasteiger partial charge in [0.15, 0.2) is 5.82 Å². The van der Waals surface area contributed by atoms with Crippen molar-refractivity contribution in [1.29, 1.82) is 5.26 Å². The zero-order valence-electron chi connectivity index (χ0n) is 21.1. The van der Waals surface area contributed by atoms with E-state index in [1.807, 2.05) is 13.8 Å². The summed E-state index contributed by atoms with van der Waals surface area (Å²) in [4.78, 5) is 28.7. The van der Waals surface area contributed by atoms with Gasteiger partial charge in [-0.25, -0.2) is 9.50 Å². The van der Waals surface area contributed by atoms with Crippen molar-refractivity contribution in [2.45, 2.75) is 64.9 Å². The van der Waals surface area contributed by atoms with Crippen LogP contribution in [0.3, 0.4) is 0 Å². The number of nitriles is 1. The van der Waals surface area contributed by atoms with E-state index >= 15 is 0 Å². The van der Waals surface area contributed by atoms with Gasteiger partial charge in [-0.3, -0.25) is 9.59 Å². The highest BCUT2D eigenvalue weighted by atomic mass is 16.5. The van der Waals surface area contributed by atoms with Crippen molar-refractivity contribution in [3.8, 4) is 6.07 Å². The van der Waals surface area contributed by atoms with Gasteiger partial charge in [-0.05, 0) is 45.2 Å². The number of nitrogens with zero attached hydrogens (tertiary/aromatic N) is 4. The van der Waals surface area contributed by atoms with Gasteiger partial charge in [0, 0.05) is 5.92 Å². The Labute approximate surface area is 209 Å². The van der Waals surface area contributed by atoms with Crippen molar-refractivity contribution in [3.63, 3.8) is 0 Å². The van der Waals surface area contributed by atoms with Crippen LogP contribution in [0, 0.1) is 28.6 Å². The van der Waals surface area contributed by atoms with Crippen molar-refractivity contribution >= 4 is 23.2 Å². The summed E-state index contributed by atoms with van der Waals surface area (Å²) in [6.45, 7) is 8.37. The number of hydrogen-bond acceptors (Lipinski definition) is 10. The van der Waals surface area contributed by atoms with Crippen LogP contribution in [-0.2, 0) is 24.7 Å². The fourth-order valence-electron chi connectivity index (χ4n) is 4.10. The van der Waals surface area contributed by atoms with Gasteiger partial charge < -0.3 is 30.7 Å². The number of hydrogen-bond donors (Lipinski definition) is 4. The molecule has 0 saturated carbocycles. The molecule has 3 heterocycles. The minimum absolute atomic E-state index is 0.0114. The van der Waals surface area contributed by atoms with E-state index in [1.165, 1.54) is 10.8 Å². The number of rotatable bonds is 8. The van der Waals surface area contributed by atoms with Crippen LogP contribution in [0.25, 0.3) is 5.52 Å². The Morgan fingerprint density at radius 3 is 2.67 bits per heavy atom.